The van der Waals surface area contributed by atoms with E-state index in [1.165, 1.54) is 0 Å². The van der Waals surface area contributed by atoms with Crippen LogP contribution in [0.15, 0.2) is 35.3 Å². The summed E-state index contributed by atoms with van der Waals surface area (Å²) in [5.74, 6) is -0.546. The second kappa shape index (κ2) is 8.90. The molecule has 0 radical (unpaired) electrons. The second-order valence-electron chi connectivity index (χ2n) is 11.5. The maximum absolute atomic E-state index is 13.0. The minimum atomic E-state index is -1.20. The number of nitrogens with two attached hydrogens (primary N) is 2. The van der Waals surface area contributed by atoms with E-state index < -0.39 is 34.4 Å². The topological polar surface area (TPSA) is 146 Å². The van der Waals surface area contributed by atoms with Crippen LogP contribution in [0.2, 0.25) is 0 Å². The van der Waals surface area contributed by atoms with Gasteiger partial charge in [-0.1, -0.05) is 12.1 Å². The van der Waals surface area contributed by atoms with Crippen molar-refractivity contribution in [3.63, 3.8) is 0 Å². The predicted molar refractivity (Wildman–Crippen MR) is 140 cm³/mol. The fourth-order valence-corrected chi connectivity index (χ4v) is 4.76. The molecule has 0 saturated carbocycles. The van der Waals surface area contributed by atoms with Gasteiger partial charge in [0.15, 0.2) is 18.1 Å². The monoisotopic (exact) mass is 506 g/mol. The van der Waals surface area contributed by atoms with Gasteiger partial charge < -0.3 is 26.3 Å². The molecular weight excluding hydrogens is 472 g/mol. The Morgan fingerprint density at radius 1 is 1.11 bits per heavy atom. The Kier molecular flexibility index (Phi) is 6.30. The Bertz CT molecular complexity index is 1340. The quantitative estimate of drug-likeness (QED) is 0.528. The molecule has 0 bridgehead atoms. The number of hydrogen-bond acceptors (Lipinski definition) is 6. The predicted octanol–water partition coefficient (Wildman–Crippen LogP) is 2.43. The second-order valence-corrected chi connectivity index (χ2v) is 11.5. The van der Waals surface area contributed by atoms with Gasteiger partial charge in [-0.15, -0.1) is 0 Å². The number of ether oxygens (including phenoxy) is 2. The summed E-state index contributed by atoms with van der Waals surface area (Å²) in [5.41, 5.74) is 13.4. The molecule has 2 aromatic rings. The van der Waals surface area contributed by atoms with E-state index >= 15 is 0 Å². The lowest BCUT2D eigenvalue weighted by Crippen LogP contribution is -2.53. The zero-order valence-electron chi connectivity index (χ0n) is 22.2. The first-order valence-electron chi connectivity index (χ1n) is 12.2. The van der Waals surface area contributed by atoms with E-state index in [-0.39, 0.29) is 6.61 Å². The van der Waals surface area contributed by atoms with Gasteiger partial charge in [0.1, 0.15) is 11.1 Å². The van der Waals surface area contributed by atoms with Gasteiger partial charge in [-0.05, 0) is 71.7 Å². The van der Waals surface area contributed by atoms with Crippen molar-refractivity contribution >= 4 is 23.4 Å². The van der Waals surface area contributed by atoms with Crippen molar-refractivity contribution in [1.29, 1.82) is 0 Å². The number of hydrogen-bond donors (Lipinski definition) is 3. The van der Waals surface area contributed by atoms with Crippen LogP contribution in [0.1, 0.15) is 74.2 Å². The molecule has 196 valence electrons. The molecule has 4 rings (SSSR count). The summed E-state index contributed by atoms with van der Waals surface area (Å²) in [7, 11) is 0. The maximum atomic E-state index is 13.0. The summed E-state index contributed by atoms with van der Waals surface area (Å²) in [6.45, 7) is 10.9. The summed E-state index contributed by atoms with van der Waals surface area (Å²) in [6, 6.07) is 9.05. The SMILES string of the molecule is CC1(C)Cc2cc(OCC(N)=O)c3c(c2C(c2cccc(C(=O)NC(C)(C)C(N)=O)c2)=N1)CC(C)(C)O3. The van der Waals surface area contributed by atoms with Crippen LogP contribution < -0.4 is 26.3 Å². The highest BCUT2D eigenvalue weighted by molar-refractivity contribution is 6.17. The Morgan fingerprint density at radius 3 is 2.46 bits per heavy atom. The summed E-state index contributed by atoms with van der Waals surface area (Å²) in [6.07, 6.45) is 1.27. The van der Waals surface area contributed by atoms with Crippen molar-refractivity contribution in [2.45, 2.75) is 71.1 Å². The van der Waals surface area contributed by atoms with E-state index in [0.717, 1.165) is 28.0 Å². The van der Waals surface area contributed by atoms with Crippen LogP contribution in [0.25, 0.3) is 0 Å². The number of aliphatic imine (C=N–C) groups is 1. The molecule has 0 saturated heterocycles. The van der Waals surface area contributed by atoms with Gasteiger partial charge in [0.05, 0.1) is 11.3 Å². The van der Waals surface area contributed by atoms with Gasteiger partial charge in [0, 0.05) is 28.7 Å². The molecule has 0 aliphatic carbocycles. The fraction of sp³-hybridized carbons (Fsp3) is 0.429. The number of rotatable bonds is 7. The average Bonchev–Trinajstić information content (AvgIpc) is 3.10. The van der Waals surface area contributed by atoms with Crippen LogP contribution >= 0.6 is 0 Å². The Morgan fingerprint density at radius 2 is 1.81 bits per heavy atom. The van der Waals surface area contributed by atoms with Gasteiger partial charge in [0.2, 0.25) is 5.91 Å². The van der Waals surface area contributed by atoms with E-state index in [1.807, 2.05) is 39.8 Å². The van der Waals surface area contributed by atoms with Crippen molar-refractivity contribution in [2.24, 2.45) is 16.5 Å². The van der Waals surface area contributed by atoms with Crippen LogP contribution in [-0.4, -0.2) is 46.7 Å². The number of nitrogens with one attached hydrogen (secondary N) is 1. The van der Waals surface area contributed by atoms with E-state index in [4.69, 9.17) is 25.9 Å². The molecule has 2 heterocycles. The molecule has 3 amide bonds. The molecule has 0 atom stereocenters. The lowest BCUT2D eigenvalue weighted by Gasteiger charge is -2.31. The van der Waals surface area contributed by atoms with E-state index in [2.05, 4.69) is 5.32 Å². The standard InChI is InChI=1S/C28H34N4O5/c1-26(2)12-17-11-19(36-14-20(29)33)23-18(13-27(3,4)37-23)21(17)22(31-26)15-8-7-9-16(10-15)24(34)32-28(5,6)25(30)35/h7-11H,12-14H2,1-6H3,(H2,29,33)(H2,30,35)(H,32,34). The number of benzene rings is 2. The first-order chi connectivity index (χ1) is 17.1. The van der Waals surface area contributed by atoms with Gasteiger partial charge in [-0.3, -0.25) is 19.4 Å². The number of carbonyl (C=O) groups is 3. The summed E-state index contributed by atoms with van der Waals surface area (Å²) >= 11 is 0. The van der Waals surface area contributed by atoms with Crippen LogP contribution in [0.3, 0.4) is 0 Å². The molecule has 2 aliphatic heterocycles. The first kappa shape index (κ1) is 26.2. The van der Waals surface area contributed by atoms with E-state index in [9.17, 15) is 14.4 Å². The number of fused-ring (bicyclic) bond motifs is 3. The molecule has 2 aromatic carbocycles. The van der Waals surface area contributed by atoms with Crippen molar-refractivity contribution < 1.29 is 23.9 Å². The van der Waals surface area contributed by atoms with Crippen molar-refractivity contribution in [1.82, 2.24) is 5.32 Å². The van der Waals surface area contributed by atoms with Gasteiger partial charge in [-0.2, -0.15) is 0 Å². The van der Waals surface area contributed by atoms with Crippen LogP contribution in [0, 0.1) is 0 Å². The fourth-order valence-electron chi connectivity index (χ4n) is 4.76. The van der Waals surface area contributed by atoms with Gasteiger partial charge >= 0.3 is 0 Å². The van der Waals surface area contributed by atoms with Crippen LogP contribution in [0.5, 0.6) is 11.5 Å². The molecule has 9 heteroatoms. The normalized spacial score (nSPS) is 17.1. The molecule has 0 spiro atoms. The lowest BCUT2D eigenvalue weighted by atomic mass is 9.80. The highest BCUT2D eigenvalue weighted by Gasteiger charge is 2.40. The van der Waals surface area contributed by atoms with Gasteiger partial charge in [-0.25, -0.2) is 0 Å². The molecule has 37 heavy (non-hydrogen) atoms. The Hall–Kier alpha value is -3.88. The minimum Gasteiger partial charge on any atom is -0.483 e. The Labute approximate surface area is 216 Å². The lowest BCUT2D eigenvalue weighted by molar-refractivity contribution is -0.123. The third-order valence-corrected chi connectivity index (χ3v) is 6.49. The summed E-state index contributed by atoms with van der Waals surface area (Å²) < 4.78 is 12.0. The van der Waals surface area contributed by atoms with Crippen LogP contribution in [0.4, 0.5) is 0 Å². The summed E-state index contributed by atoms with van der Waals surface area (Å²) in [4.78, 5) is 41.2. The zero-order chi connectivity index (χ0) is 27.3. The first-order valence-corrected chi connectivity index (χ1v) is 12.2. The van der Waals surface area contributed by atoms with Crippen molar-refractivity contribution in [3.8, 4) is 11.5 Å². The minimum absolute atomic E-state index is 0.252. The molecule has 0 unspecified atom stereocenters. The number of nitrogens with zero attached hydrogens (tertiary/aromatic N) is 1. The number of primary amides is 2. The molecule has 0 aromatic heterocycles. The summed E-state index contributed by atoms with van der Waals surface area (Å²) in [5, 5.41) is 2.69. The molecule has 9 nitrogen and oxygen atoms in total. The van der Waals surface area contributed by atoms with Crippen LogP contribution in [-0.2, 0) is 22.4 Å². The number of amides is 3. The largest absolute Gasteiger partial charge is 0.483 e. The average molecular weight is 507 g/mol. The van der Waals surface area contributed by atoms with Gasteiger partial charge in [0.25, 0.3) is 11.8 Å². The molecular formula is C28H34N4O5. The Balaban J connectivity index is 1.83. The third kappa shape index (κ3) is 5.30. The third-order valence-electron chi connectivity index (χ3n) is 6.49. The highest BCUT2D eigenvalue weighted by Crippen LogP contribution is 2.48. The molecule has 0 fully saturated rings. The molecule has 2 aliphatic rings. The maximum Gasteiger partial charge on any atom is 0.255 e. The highest BCUT2D eigenvalue weighted by atomic mass is 16.5. The number of carbonyl (C=O) groups excluding carboxylic acids is 3. The molecule has 5 N–H and O–H groups in total. The van der Waals surface area contributed by atoms with Crippen molar-refractivity contribution in [3.05, 3.63) is 58.1 Å². The van der Waals surface area contributed by atoms with E-state index in [1.54, 1.807) is 32.0 Å². The van der Waals surface area contributed by atoms with E-state index in [0.29, 0.717) is 29.9 Å². The smallest absolute Gasteiger partial charge is 0.255 e. The zero-order valence-corrected chi connectivity index (χ0v) is 22.2. The van der Waals surface area contributed by atoms with Crippen molar-refractivity contribution in [2.75, 3.05) is 6.61 Å².